The number of nitriles is 1. The van der Waals surface area contributed by atoms with Crippen molar-refractivity contribution in [2.45, 2.75) is 32.7 Å². The van der Waals surface area contributed by atoms with Crippen LogP contribution in [0.5, 0.6) is 0 Å². The first-order valence-electron chi connectivity index (χ1n) is 4.77. The van der Waals surface area contributed by atoms with E-state index in [2.05, 4.69) is 10.1 Å². The van der Waals surface area contributed by atoms with E-state index in [1.54, 1.807) is 0 Å². The molecular formula is C10H16N2O3. The average Bonchev–Trinajstić information content (AvgIpc) is 2.21. The van der Waals surface area contributed by atoms with Crippen LogP contribution in [0.25, 0.3) is 0 Å². The number of ether oxygens (including phenoxy) is 1. The monoisotopic (exact) mass is 212 g/mol. The third kappa shape index (κ3) is 5.68. The van der Waals surface area contributed by atoms with Crippen molar-refractivity contribution in [2.75, 3.05) is 7.11 Å². The quantitative estimate of drug-likeness (QED) is 0.677. The Morgan fingerprint density at radius 2 is 2.00 bits per heavy atom. The van der Waals surface area contributed by atoms with Crippen LogP contribution in [0.15, 0.2) is 0 Å². The molecule has 0 aromatic heterocycles. The summed E-state index contributed by atoms with van der Waals surface area (Å²) in [5.41, 5.74) is 0. The fraction of sp³-hybridized carbons (Fsp3) is 0.700. The lowest BCUT2D eigenvalue weighted by atomic mass is 10.1. The van der Waals surface area contributed by atoms with Gasteiger partial charge in [-0.15, -0.1) is 0 Å². The molecule has 0 radical (unpaired) electrons. The molecule has 84 valence electrons. The first-order chi connectivity index (χ1) is 7.01. The number of nitrogens with one attached hydrogen (secondary N) is 1. The Morgan fingerprint density at radius 1 is 1.40 bits per heavy atom. The highest BCUT2D eigenvalue weighted by molar-refractivity contribution is 5.81. The van der Waals surface area contributed by atoms with Crippen molar-refractivity contribution in [2.24, 2.45) is 5.92 Å². The summed E-state index contributed by atoms with van der Waals surface area (Å²) < 4.78 is 4.40. The molecule has 15 heavy (non-hydrogen) atoms. The topological polar surface area (TPSA) is 79.2 Å². The highest BCUT2D eigenvalue weighted by Gasteiger charge is 2.15. The molecule has 1 N–H and O–H groups in total. The van der Waals surface area contributed by atoms with Crippen molar-refractivity contribution in [3.05, 3.63) is 0 Å². The average molecular weight is 212 g/mol. The van der Waals surface area contributed by atoms with Gasteiger partial charge in [-0.3, -0.25) is 9.59 Å². The van der Waals surface area contributed by atoms with E-state index in [4.69, 9.17) is 5.26 Å². The molecule has 5 heteroatoms. The van der Waals surface area contributed by atoms with Crippen molar-refractivity contribution in [1.82, 2.24) is 5.32 Å². The Morgan fingerprint density at radius 3 is 2.40 bits per heavy atom. The summed E-state index contributed by atoms with van der Waals surface area (Å²) in [4.78, 5) is 22.0. The second-order valence-corrected chi connectivity index (χ2v) is 3.49. The number of carbonyl (C=O) groups is 2. The molecule has 5 nitrogen and oxygen atoms in total. The Bertz CT molecular complexity index is 268. The van der Waals surface area contributed by atoms with E-state index in [0.29, 0.717) is 0 Å². The zero-order chi connectivity index (χ0) is 11.8. The van der Waals surface area contributed by atoms with Gasteiger partial charge >= 0.3 is 5.97 Å². The van der Waals surface area contributed by atoms with E-state index in [1.165, 1.54) is 7.11 Å². The third-order valence-electron chi connectivity index (χ3n) is 1.91. The van der Waals surface area contributed by atoms with Crippen molar-refractivity contribution < 1.29 is 14.3 Å². The van der Waals surface area contributed by atoms with Gasteiger partial charge in [-0.1, -0.05) is 13.8 Å². The van der Waals surface area contributed by atoms with E-state index < -0.39 is 12.0 Å². The second kappa shape index (κ2) is 6.82. The lowest BCUT2D eigenvalue weighted by molar-refractivity contribution is -0.142. The van der Waals surface area contributed by atoms with Crippen molar-refractivity contribution >= 4 is 11.9 Å². The normalized spacial score (nSPS) is 11.7. The predicted octanol–water partition coefficient (Wildman–Crippen LogP) is 0.604. The molecule has 0 aliphatic carbocycles. The molecule has 0 fully saturated rings. The number of hydrogen-bond donors (Lipinski definition) is 1. The molecule has 0 saturated carbocycles. The van der Waals surface area contributed by atoms with Crippen molar-refractivity contribution in [3.8, 4) is 6.07 Å². The lowest BCUT2D eigenvalue weighted by Crippen LogP contribution is -2.37. The smallest absolute Gasteiger partial charge is 0.306 e. The molecule has 0 aliphatic rings. The number of rotatable bonds is 5. The van der Waals surface area contributed by atoms with Gasteiger partial charge in [0.1, 0.15) is 6.04 Å². The largest absolute Gasteiger partial charge is 0.469 e. The van der Waals surface area contributed by atoms with E-state index in [-0.39, 0.29) is 24.7 Å². The number of carbonyl (C=O) groups excluding carboxylic acids is 2. The van der Waals surface area contributed by atoms with Crippen LogP contribution in [0.4, 0.5) is 0 Å². The summed E-state index contributed by atoms with van der Waals surface area (Å²) in [6.07, 6.45) is 0.0934. The Hall–Kier alpha value is -1.57. The SMILES string of the molecule is COC(=O)CCC(=O)NC(C#N)C(C)C. The predicted molar refractivity (Wildman–Crippen MR) is 53.6 cm³/mol. The zero-order valence-electron chi connectivity index (χ0n) is 9.24. The standard InChI is InChI=1S/C10H16N2O3/c1-7(2)8(6-11)12-9(13)4-5-10(14)15-3/h7-8H,4-5H2,1-3H3,(H,12,13). The van der Waals surface area contributed by atoms with Gasteiger partial charge in [0, 0.05) is 6.42 Å². The fourth-order valence-corrected chi connectivity index (χ4v) is 0.911. The van der Waals surface area contributed by atoms with Gasteiger partial charge in [-0.2, -0.15) is 5.26 Å². The summed E-state index contributed by atoms with van der Waals surface area (Å²) in [5.74, 6) is -0.680. The molecule has 1 amide bonds. The molecule has 0 heterocycles. The molecule has 0 rings (SSSR count). The van der Waals surface area contributed by atoms with E-state index >= 15 is 0 Å². The van der Waals surface area contributed by atoms with Crippen LogP contribution in [-0.2, 0) is 14.3 Å². The first kappa shape index (κ1) is 13.4. The second-order valence-electron chi connectivity index (χ2n) is 3.49. The van der Waals surface area contributed by atoms with Crippen LogP contribution >= 0.6 is 0 Å². The van der Waals surface area contributed by atoms with Gasteiger partial charge in [0.2, 0.25) is 5.91 Å². The maximum Gasteiger partial charge on any atom is 0.306 e. The molecule has 1 atom stereocenters. The number of amides is 1. The lowest BCUT2D eigenvalue weighted by Gasteiger charge is -2.14. The van der Waals surface area contributed by atoms with Gasteiger partial charge in [0.15, 0.2) is 0 Å². The first-order valence-corrected chi connectivity index (χ1v) is 4.77. The third-order valence-corrected chi connectivity index (χ3v) is 1.91. The Balaban J connectivity index is 3.93. The van der Waals surface area contributed by atoms with Crippen LogP contribution in [-0.4, -0.2) is 25.0 Å². The summed E-state index contributed by atoms with van der Waals surface area (Å²) in [7, 11) is 1.27. The van der Waals surface area contributed by atoms with Gasteiger partial charge in [0.05, 0.1) is 19.6 Å². The number of methoxy groups -OCH3 is 1. The number of hydrogen-bond acceptors (Lipinski definition) is 4. The van der Waals surface area contributed by atoms with Crippen LogP contribution in [0.2, 0.25) is 0 Å². The van der Waals surface area contributed by atoms with Gasteiger partial charge < -0.3 is 10.1 Å². The Kier molecular flexibility index (Phi) is 6.11. The Labute approximate surface area is 89.4 Å². The molecule has 0 aromatic carbocycles. The van der Waals surface area contributed by atoms with E-state index in [9.17, 15) is 9.59 Å². The van der Waals surface area contributed by atoms with Crippen LogP contribution in [0, 0.1) is 17.2 Å². The highest BCUT2D eigenvalue weighted by Crippen LogP contribution is 2.01. The minimum absolute atomic E-state index is 0.0403. The minimum Gasteiger partial charge on any atom is -0.469 e. The van der Waals surface area contributed by atoms with Gasteiger partial charge in [0.25, 0.3) is 0 Å². The minimum atomic E-state index is -0.504. The summed E-state index contributed by atoms with van der Waals surface area (Å²) in [5, 5.41) is 11.3. The fourth-order valence-electron chi connectivity index (χ4n) is 0.911. The highest BCUT2D eigenvalue weighted by atomic mass is 16.5. The number of nitrogens with zero attached hydrogens (tertiary/aromatic N) is 1. The number of esters is 1. The maximum atomic E-state index is 11.3. The van der Waals surface area contributed by atoms with E-state index in [0.717, 1.165) is 0 Å². The van der Waals surface area contributed by atoms with Crippen LogP contribution in [0.3, 0.4) is 0 Å². The van der Waals surface area contributed by atoms with Crippen molar-refractivity contribution in [1.29, 1.82) is 5.26 Å². The molecule has 0 spiro atoms. The van der Waals surface area contributed by atoms with Gasteiger partial charge in [-0.05, 0) is 5.92 Å². The van der Waals surface area contributed by atoms with Crippen LogP contribution < -0.4 is 5.32 Å². The molecule has 0 aliphatic heterocycles. The molecule has 0 saturated heterocycles. The molecular weight excluding hydrogens is 196 g/mol. The van der Waals surface area contributed by atoms with Crippen LogP contribution in [0.1, 0.15) is 26.7 Å². The summed E-state index contributed by atoms with van der Waals surface area (Å²) >= 11 is 0. The molecule has 0 bridgehead atoms. The zero-order valence-corrected chi connectivity index (χ0v) is 9.24. The summed E-state index contributed by atoms with van der Waals surface area (Å²) in [6.45, 7) is 3.68. The molecule has 0 aromatic rings. The summed E-state index contributed by atoms with van der Waals surface area (Å²) in [6, 6.07) is 1.48. The maximum absolute atomic E-state index is 11.3. The van der Waals surface area contributed by atoms with Crippen molar-refractivity contribution in [3.63, 3.8) is 0 Å². The van der Waals surface area contributed by atoms with E-state index in [1.807, 2.05) is 19.9 Å². The molecule has 1 unspecified atom stereocenters. The van der Waals surface area contributed by atoms with Gasteiger partial charge in [-0.25, -0.2) is 0 Å².